The van der Waals surface area contributed by atoms with Gasteiger partial charge in [0.05, 0.1) is 11.8 Å². The molecule has 20 heavy (non-hydrogen) atoms. The van der Waals surface area contributed by atoms with Gasteiger partial charge < -0.3 is 9.30 Å². The van der Waals surface area contributed by atoms with Crippen molar-refractivity contribution in [1.29, 1.82) is 0 Å². The maximum atomic E-state index is 14.1. The molecule has 0 spiro atoms. The number of rotatable bonds is 6. The molecule has 2 rings (SSSR count). The lowest BCUT2D eigenvalue weighted by molar-refractivity contribution is 0.0895. The smallest absolute Gasteiger partial charge is 0.149 e. The molecule has 108 valence electrons. The summed E-state index contributed by atoms with van der Waals surface area (Å²) in [6, 6.07) is 4.39. The van der Waals surface area contributed by atoms with Gasteiger partial charge in [-0.15, -0.1) is 0 Å². The zero-order chi connectivity index (χ0) is 14.8. The molecule has 1 heterocycles. The van der Waals surface area contributed by atoms with E-state index in [1.165, 1.54) is 6.07 Å². The van der Waals surface area contributed by atoms with Crippen LogP contribution in [0.25, 0.3) is 17.1 Å². The molecule has 2 aromatic rings. The fourth-order valence-corrected chi connectivity index (χ4v) is 2.69. The minimum Gasteiger partial charge on any atom is -0.361 e. The average Bonchev–Trinajstić information content (AvgIpc) is 2.77. The van der Waals surface area contributed by atoms with Crippen LogP contribution in [0.5, 0.6) is 0 Å². The summed E-state index contributed by atoms with van der Waals surface area (Å²) in [6.45, 7) is 11.6. The number of benzene rings is 1. The summed E-state index contributed by atoms with van der Waals surface area (Å²) in [6.07, 6.45) is 3.24. The van der Waals surface area contributed by atoms with Crippen molar-refractivity contribution < 1.29 is 9.13 Å². The third kappa shape index (κ3) is 3.55. The Labute approximate surface area is 120 Å². The second kappa shape index (κ2) is 5.89. The van der Waals surface area contributed by atoms with Crippen LogP contribution in [-0.2, 0) is 11.5 Å². The Hall–Kier alpha value is -1.46. The van der Waals surface area contributed by atoms with E-state index in [9.17, 15) is 4.39 Å². The molecule has 0 saturated carbocycles. The Balaban J connectivity index is 2.10. The largest absolute Gasteiger partial charge is 0.361 e. The molecule has 0 aliphatic heterocycles. The summed E-state index contributed by atoms with van der Waals surface area (Å²) in [5.41, 5.74) is 1.86. The minimum absolute atomic E-state index is 0.288. The van der Waals surface area contributed by atoms with Gasteiger partial charge in [0.25, 0.3) is 0 Å². The highest BCUT2D eigenvalue weighted by atomic mass is 28.3. The molecule has 0 atom stereocenters. The van der Waals surface area contributed by atoms with Crippen LogP contribution in [0.4, 0.5) is 4.39 Å². The van der Waals surface area contributed by atoms with Crippen LogP contribution in [0.2, 0.25) is 25.7 Å². The summed E-state index contributed by atoms with van der Waals surface area (Å²) >= 11 is 0. The second-order valence-corrected chi connectivity index (χ2v) is 11.8. The summed E-state index contributed by atoms with van der Waals surface area (Å²) in [5, 5.41) is 0. The number of ether oxygens (including phenoxy) is 1. The van der Waals surface area contributed by atoms with Crippen molar-refractivity contribution in [3.63, 3.8) is 0 Å². The Morgan fingerprint density at radius 1 is 1.40 bits per heavy atom. The van der Waals surface area contributed by atoms with Gasteiger partial charge >= 0.3 is 0 Å². The van der Waals surface area contributed by atoms with Gasteiger partial charge in [0, 0.05) is 14.7 Å². The number of fused-ring (bicyclic) bond motifs is 1. The van der Waals surface area contributed by atoms with Gasteiger partial charge in [-0.2, -0.15) is 0 Å². The molecular weight excluding hydrogens is 271 g/mol. The summed E-state index contributed by atoms with van der Waals surface area (Å²) in [4.78, 5) is 4.22. The molecule has 0 bridgehead atoms. The number of nitrogens with zero attached hydrogens (tertiary/aromatic N) is 2. The van der Waals surface area contributed by atoms with Crippen LogP contribution in [-0.4, -0.2) is 24.2 Å². The van der Waals surface area contributed by atoms with Crippen LogP contribution < -0.4 is 0 Å². The quantitative estimate of drug-likeness (QED) is 0.591. The first-order valence-electron chi connectivity index (χ1n) is 6.75. The van der Waals surface area contributed by atoms with Gasteiger partial charge in [0.15, 0.2) is 0 Å². The van der Waals surface area contributed by atoms with Gasteiger partial charge in [0.1, 0.15) is 18.1 Å². The van der Waals surface area contributed by atoms with Crippen LogP contribution in [0.15, 0.2) is 25.0 Å². The Bertz CT molecular complexity index is 616. The molecule has 0 unspecified atom stereocenters. The highest BCUT2D eigenvalue weighted by molar-refractivity contribution is 6.76. The standard InChI is InChI=1S/C15H21FN2OSi/c1-5-12-8-13(16)15-14(9-12)17-10-18(15)11-19-6-7-20(2,3)4/h5,8-10H,1,6-7,11H2,2-4H3. The van der Waals surface area contributed by atoms with E-state index in [0.717, 1.165) is 11.6 Å². The molecule has 0 fully saturated rings. The number of imidazole rings is 1. The van der Waals surface area contributed by atoms with Crippen LogP contribution in [0.1, 0.15) is 5.56 Å². The zero-order valence-electron chi connectivity index (χ0n) is 12.3. The lowest BCUT2D eigenvalue weighted by Crippen LogP contribution is -2.22. The first kappa shape index (κ1) is 14.9. The SMILES string of the molecule is C=Cc1cc(F)c2c(c1)ncn2COCC[Si](C)(C)C. The summed E-state index contributed by atoms with van der Waals surface area (Å²) in [7, 11) is -1.09. The topological polar surface area (TPSA) is 27.1 Å². The van der Waals surface area contributed by atoms with E-state index in [0.29, 0.717) is 24.4 Å². The summed E-state index contributed by atoms with van der Waals surface area (Å²) < 4.78 is 21.4. The Morgan fingerprint density at radius 2 is 2.15 bits per heavy atom. The Morgan fingerprint density at radius 3 is 2.80 bits per heavy atom. The molecule has 5 heteroatoms. The molecule has 0 aliphatic rings. The normalized spacial score (nSPS) is 12.0. The van der Waals surface area contributed by atoms with Crippen LogP contribution in [0, 0.1) is 5.82 Å². The fraction of sp³-hybridized carbons (Fsp3) is 0.400. The molecule has 3 nitrogen and oxygen atoms in total. The van der Waals surface area contributed by atoms with E-state index in [4.69, 9.17) is 4.74 Å². The molecule has 0 amide bonds. The van der Waals surface area contributed by atoms with Gasteiger partial charge in [0.2, 0.25) is 0 Å². The van der Waals surface area contributed by atoms with Gasteiger partial charge in [-0.1, -0.05) is 32.3 Å². The maximum Gasteiger partial charge on any atom is 0.149 e. The van der Waals surface area contributed by atoms with E-state index < -0.39 is 8.07 Å². The van der Waals surface area contributed by atoms with E-state index in [-0.39, 0.29) is 5.82 Å². The second-order valence-electron chi connectivity index (χ2n) is 6.14. The van der Waals surface area contributed by atoms with E-state index >= 15 is 0 Å². The molecule has 1 aromatic carbocycles. The molecule has 0 radical (unpaired) electrons. The van der Waals surface area contributed by atoms with Crippen molar-refractivity contribution in [3.8, 4) is 0 Å². The number of halogens is 1. The van der Waals surface area contributed by atoms with E-state index in [1.54, 1.807) is 17.0 Å². The van der Waals surface area contributed by atoms with Gasteiger partial charge in [-0.05, 0) is 23.7 Å². The van der Waals surface area contributed by atoms with Gasteiger partial charge in [-0.25, -0.2) is 9.37 Å². The minimum atomic E-state index is -1.09. The first-order valence-corrected chi connectivity index (χ1v) is 10.5. The van der Waals surface area contributed by atoms with Crippen LogP contribution in [0.3, 0.4) is 0 Å². The van der Waals surface area contributed by atoms with E-state index in [1.807, 2.05) is 6.07 Å². The number of aromatic nitrogens is 2. The predicted octanol–water partition coefficient (Wildman–Crippen LogP) is 4.13. The van der Waals surface area contributed by atoms with Gasteiger partial charge in [-0.3, -0.25) is 0 Å². The average molecular weight is 292 g/mol. The molecular formula is C15H21FN2OSi. The van der Waals surface area contributed by atoms with Crippen molar-refractivity contribution >= 4 is 25.2 Å². The predicted molar refractivity (Wildman–Crippen MR) is 83.9 cm³/mol. The van der Waals surface area contributed by atoms with E-state index in [2.05, 4.69) is 31.2 Å². The van der Waals surface area contributed by atoms with Crippen molar-refractivity contribution in [2.45, 2.75) is 32.4 Å². The third-order valence-electron chi connectivity index (χ3n) is 3.15. The van der Waals surface area contributed by atoms with Crippen molar-refractivity contribution in [1.82, 2.24) is 9.55 Å². The molecule has 0 saturated heterocycles. The lowest BCUT2D eigenvalue weighted by atomic mass is 10.2. The maximum absolute atomic E-state index is 14.1. The zero-order valence-corrected chi connectivity index (χ0v) is 13.3. The van der Waals surface area contributed by atoms with Crippen LogP contribution >= 0.6 is 0 Å². The molecule has 0 N–H and O–H groups in total. The highest BCUT2D eigenvalue weighted by Gasteiger charge is 2.13. The summed E-state index contributed by atoms with van der Waals surface area (Å²) in [5.74, 6) is -0.288. The Kier molecular flexibility index (Phi) is 4.40. The number of hydrogen-bond acceptors (Lipinski definition) is 2. The third-order valence-corrected chi connectivity index (χ3v) is 4.86. The molecule has 0 aliphatic carbocycles. The first-order chi connectivity index (χ1) is 9.40. The molecule has 1 aromatic heterocycles. The van der Waals surface area contributed by atoms with Crippen molar-refractivity contribution in [2.75, 3.05) is 6.61 Å². The number of hydrogen-bond donors (Lipinski definition) is 0. The lowest BCUT2D eigenvalue weighted by Gasteiger charge is -2.15. The van der Waals surface area contributed by atoms with Crippen molar-refractivity contribution in [3.05, 3.63) is 36.4 Å². The monoisotopic (exact) mass is 292 g/mol. The van der Waals surface area contributed by atoms with Crippen molar-refractivity contribution in [2.24, 2.45) is 0 Å². The fourth-order valence-electron chi connectivity index (χ4n) is 1.93. The highest BCUT2D eigenvalue weighted by Crippen LogP contribution is 2.20.